The number of aromatic nitrogens is 1. The van der Waals surface area contributed by atoms with E-state index in [1.54, 1.807) is 0 Å². The maximum Gasteiger partial charge on any atom is 0.351 e. The van der Waals surface area contributed by atoms with Crippen LogP contribution in [0.3, 0.4) is 0 Å². The second-order valence-electron chi connectivity index (χ2n) is 5.31. The van der Waals surface area contributed by atoms with Crippen LogP contribution in [-0.4, -0.2) is 49.1 Å². The summed E-state index contributed by atoms with van der Waals surface area (Å²) in [5.41, 5.74) is 0.170. The second kappa shape index (κ2) is 6.28. The Hall–Kier alpha value is -0.850. The maximum atomic E-state index is 11.5. The number of nitrogens with zero attached hydrogens (tertiary/aromatic N) is 2. The Balaban J connectivity index is 2.05. The number of methoxy groups -OCH3 is 1. The van der Waals surface area contributed by atoms with Crippen LogP contribution in [-0.2, 0) is 4.74 Å². The first kappa shape index (κ1) is 15.5. The molecule has 0 unspecified atom stereocenters. The third-order valence-electron chi connectivity index (χ3n) is 4.01. The number of rotatable bonds is 5. The van der Waals surface area contributed by atoms with Crippen molar-refractivity contribution in [2.75, 3.05) is 33.1 Å². The van der Waals surface area contributed by atoms with Crippen molar-refractivity contribution < 1.29 is 9.53 Å². The lowest BCUT2D eigenvalue weighted by atomic mass is 9.96. The van der Waals surface area contributed by atoms with Crippen molar-refractivity contribution in [3.05, 3.63) is 10.0 Å². The largest absolute Gasteiger partial charge is 0.465 e. The van der Waals surface area contributed by atoms with Crippen molar-refractivity contribution in [2.45, 2.75) is 31.2 Å². The number of carbonyl (C=O) groups is 1. The quantitative estimate of drug-likeness (QED) is 0.846. The molecule has 1 aromatic heterocycles. The molecule has 0 saturated heterocycles. The lowest BCUT2D eigenvalue weighted by Gasteiger charge is -2.36. The van der Waals surface area contributed by atoms with Crippen LogP contribution in [0.25, 0.3) is 0 Å². The second-order valence-corrected chi connectivity index (χ2v) is 6.67. The molecule has 20 heavy (non-hydrogen) atoms. The fraction of sp³-hybridized carbons (Fsp3) is 0.692. The zero-order chi connectivity index (χ0) is 14.8. The molecule has 0 amide bonds. The number of hydrogen-bond acceptors (Lipinski definition) is 6. The number of halogens is 1. The molecule has 1 N–H and O–H groups in total. The number of nitrogens with one attached hydrogen (secondary N) is 1. The standard InChI is InChI=1S/C13H20ClN3O2S/c1-17(2)13(6-4-5-7-13)8-15-12-16-10(14)9(20-12)11(18)19-3/h4-8H2,1-3H3,(H,15,16). The number of carbonyl (C=O) groups excluding carboxylic acids is 1. The highest BCUT2D eigenvalue weighted by atomic mass is 35.5. The van der Waals surface area contributed by atoms with Crippen LogP contribution in [0, 0.1) is 0 Å². The Kier molecular flexibility index (Phi) is 4.88. The molecule has 1 aliphatic rings. The Morgan fingerprint density at radius 1 is 1.50 bits per heavy atom. The summed E-state index contributed by atoms with van der Waals surface area (Å²) in [6.45, 7) is 0.810. The Morgan fingerprint density at radius 3 is 2.70 bits per heavy atom. The van der Waals surface area contributed by atoms with E-state index in [9.17, 15) is 4.79 Å². The lowest BCUT2D eigenvalue weighted by Crippen LogP contribution is -2.47. The van der Waals surface area contributed by atoms with Gasteiger partial charge in [0.2, 0.25) is 0 Å². The zero-order valence-electron chi connectivity index (χ0n) is 12.0. The third kappa shape index (κ3) is 3.07. The summed E-state index contributed by atoms with van der Waals surface area (Å²) in [5.74, 6) is -0.441. The van der Waals surface area contributed by atoms with Gasteiger partial charge >= 0.3 is 5.97 Å². The van der Waals surface area contributed by atoms with Gasteiger partial charge in [0, 0.05) is 12.1 Å². The van der Waals surface area contributed by atoms with E-state index in [1.807, 2.05) is 0 Å². The molecule has 7 heteroatoms. The molecule has 0 spiro atoms. The number of likely N-dealkylation sites (N-methyl/N-ethyl adjacent to an activating group) is 1. The highest BCUT2D eigenvalue weighted by Gasteiger charge is 2.36. The summed E-state index contributed by atoms with van der Waals surface area (Å²) in [5, 5.41) is 4.20. The van der Waals surface area contributed by atoms with Crippen LogP contribution in [0.4, 0.5) is 5.13 Å². The van der Waals surface area contributed by atoms with Gasteiger partial charge in [-0.3, -0.25) is 0 Å². The van der Waals surface area contributed by atoms with Gasteiger partial charge in [-0.05, 0) is 26.9 Å². The number of anilines is 1. The Labute approximate surface area is 128 Å². The van der Waals surface area contributed by atoms with Crippen molar-refractivity contribution in [3.63, 3.8) is 0 Å². The van der Waals surface area contributed by atoms with Gasteiger partial charge in [-0.25, -0.2) is 9.78 Å². The monoisotopic (exact) mass is 317 g/mol. The van der Waals surface area contributed by atoms with Crippen LogP contribution < -0.4 is 5.32 Å². The van der Waals surface area contributed by atoms with E-state index in [-0.39, 0.29) is 10.7 Å². The van der Waals surface area contributed by atoms with Crippen molar-refractivity contribution in [2.24, 2.45) is 0 Å². The topological polar surface area (TPSA) is 54.5 Å². The predicted octanol–water partition coefficient (Wildman–Crippen LogP) is 2.87. The average molecular weight is 318 g/mol. The molecule has 0 radical (unpaired) electrons. The molecule has 5 nitrogen and oxygen atoms in total. The van der Waals surface area contributed by atoms with E-state index >= 15 is 0 Å². The molecular weight excluding hydrogens is 298 g/mol. The van der Waals surface area contributed by atoms with Gasteiger partial charge in [0.05, 0.1) is 7.11 Å². The Bertz CT molecular complexity index is 484. The van der Waals surface area contributed by atoms with Crippen molar-refractivity contribution in [3.8, 4) is 0 Å². The minimum atomic E-state index is -0.441. The van der Waals surface area contributed by atoms with E-state index in [4.69, 9.17) is 11.6 Å². The molecule has 0 aliphatic heterocycles. The van der Waals surface area contributed by atoms with Crippen LogP contribution in [0.1, 0.15) is 35.4 Å². The molecule has 0 bridgehead atoms. The first-order valence-corrected chi connectivity index (χ1v) is 7.84. The number of esters is 1. The summed E-state index contributed by atoms with van der Waals surface area (Å²) >= 11 is 7.20. The molecule has 1 heterocycles. The summed E-state index contributed by atoms with van der Waals surface area (Å²) in [4.78, 5) is 18.3. The fourth-order valence-corrected chi connectivity index (χ4v) is 3.75. The first-order chi connectivity index (χ1) is 9.48. The highest BCUT2D eigenvalue weighted by molar-refractivity contribution is 7.18. The van der Waals surface area contributed by atoms with E-state index in [1.165, 1.54) is 44.1 Å². The summed E-state index contributed by atoms with van der Waals surface area (Å²) < 4.78 is 4.68. The van der Waals surface area contributed by atoms with E-state index in [0.717, 1.165) is 6.54 Å². The number of hydrogen-bond donors (Lipinski definition) is 1. The molecule has 1 saturated carbocycles. The first-order valence-electron chi connectivity index (χ1n) is 6.64. The van der Waals surface area contributed by atoms with Crippen LogP contribution in [0.5, 0.6) is 0 Å². The third-order valence-corrected chi connectivity index (χ3v) is 5.39. The molecular formula is C13H20ClN3O2S. The van der Waals surface area contributed by atoms with Crippen LogP contribution in [0.15, 0.2) is 0 Å². The van der Waals surface area contributed by atoms with Gasteiger partial charge in [0.1, 0.15) is 0 Å². The maximum absolute atomic E-state index is 11.5. The number of thiazole rings is 1. The van der Waals surface area contributed by atoms with Crippen LogP contribution >= 0.6 is 22.9 Å². The predicted molar refractivity (Wildman–Crippen MR) is 81.8 cm³/mol. The zero-order valence-corrected chi connectivity index (χ0v) is 13.6. The molecule has 1 aromatic rings. The molecule has 1 fully saturated rings. The van der Waals surface area contributed by atoms with Gasteiger partial charge in [-0.15, -0.1) is 0 Å². The molecule has 0 atom stereocenters. The lowest BCUT2D eigenvalue weighted by molar-refractivity contribution is 0.0606. The highest BCUT2D eigenvalue weighted by Crippen LogP contribution is 2.35. The average Bonchev–Trinajstić information content (AvgIpc) is 3.03. The van der Waals surface area contributed by atoms with Gasteiger partial charge < -0.3 is 15.0 Å². The Morgan fingerprint density at radius 2 is 2.15 bits per heavy atom. The molecule has 1 aliphatic carbocycles. The van der Waals surface area contributed by atoms with E-state index in [0.29, 0.717) is 10.0 Å². The van der Waals surface area contributed by atoms with Gasteiger partial charge in [-0.1, -0.05) is 35.8 Å². The van der Waals surface area contributed by atoms with Crippen LogP contribution in [0.2, 0.25) is 5.15 Å². The molecule has 112 valence electrons. The van der Waals surface area contributed by atoms with E-state index in [2.05, 4.69) is 34.0 Å². The van der Waals surface area contributed by atoms with Crippen molar-refractivity contribution in [1.29, 1.82) is 0 Å². The fourth-order valence-electron chi connectivity index (χ4n) is 2.65. The van der Waals surface area contributed by atoms with Gasteiger partial charge in [0.25, 0.3) is 0 Å². The molecule has 0 aromatic carbocycles. The summed E-state index contributed by atoms with van der Waals surface area (Å²) in [7, 11) is 5.56. The van der Waals surface area contributed by atoms with Crippen molar-refractivity contribution >= 4 is 34.0 Å². The normalized spacial score (nSPS) is 17.4. The van der Waals surface area contributed by atoms with Gasteiger partial charge in [-0.2, -0.15) is 0 Å². The summed E-state index contributed by atoms with van der Waals surface area (Å²) in [6, 6.07) is 0. The van der Waals surface area contributed by atoms with Crippen molar-refractivity contribution in [1.82, 2.24) is 9.88 Å². The van der Waals surface area contributed by atoms with Gasteiger partial charge in [0.15, 0.2) is 15.2 Å². The molecule has 2 rings (SSSR count). The van der Waals surface area contributed by atoms with E-state index < -0.39 is 5.97 Å². The summed E-state index contributed by atoms with van der Waals surface area (Å²) in [6.07, 6.45) is 4.86. The smallest absolute Gasteiger partial charge is 0.351 e. The minimum Gasteiger partial charge on any atom is -0.465 e. The SMILES string of the molecule is COC(=O)c1sc(NCC2(N(C)C)CCCC2)nc1Cl. The number of ether oxygens (including phenoxy) is 1. The minimum absolute atomic E-state index is 0.170.